The fourth-order valence-electron chi connectivity index (χ4n) is 2.20. The predicted molar refractivity (Wildman–Crippen MR) is 85.7 cm³/mol. The highest BCUT2D eigenvalue weighted by molar-refractivity contribution is 6.32. The zero-order chi connectivity index (χ0) is 18.1. The molecule has 1 saturated heterocycles. The zero-order valence-corrected chi connectivity index (χ0v) is 15.0. The van der Waals surface area contributed by atoms with Gasteiger partial charge in [-0.25, -0.2) is 9.78 Å². The Morgan fingerprint density at radius 3 is 2.46 bits per heavy atom. The quantitative estimate of drug-likeness (QED) is 0.722. The van der Waals surface area contributed by atoms with E-state index in [4.69, 9.17) is 32.7 Å². The maximum atomic E-state index is 14.7. The number of carbonyl (C=O) groups is 1. The molecule has 5 nitrogen and oxygen atoms in total. The van der Waals surface area contributed by atoms with Gasteiger partial charge in [0.05, 0.1) is 13.2 Å². The molecule has 0 N–H and O–H groups in total. The van der Waals surface area contributed by atoms with Crippen molar-refractivity contribution in [2.24, 2.45) is 0 Å². The molecule has 1 atom stereocenters. The van der Waals surface area contributed by atoms with E-state index >= 15 is 0 Å². The van der Waals surface area contributed by atoms with Gasteiger partial charge in [-0.1, -0.05) is 23.2 Å². The molecular weight excluding hydrogens is 365 g/mol. The minimum atomic E-state index is -3.39. The first kappa shape index (κ1) is 19.1. The van der Waals surface area contributed by atoms with Gasteiger partial charge in [-0.3, -0.25) is 0 Å². The van der Waals surface area contributed by atoms with Crippen molar-refractivity contribution in [3.8, 4) is 0 Å². The van der Waals surface area contributed by atoms with Crippen molar-refractivity contribution in [2.45, 2.75) is 38.4 Å². The van der Waals surface area contributed by atoms with Gasteiger partial charge in [0.2, 0.25) is 0 Å². The summed E-state index contributed by atoms with van der Waals surface area (Å²) in [4.78, 5) is 16.9. The van der Waals surface area contributed by atoms with E-state index in [1.807, 2.05) is 0 Å². The third-order valence-corrected chi connectivity index (χ3v) is 3.66. The number of hydrogen-bond acceptors (Lipinski definition) is 4. The SMILES string of the molecule is CC(C)(C)OC(=O)N1CCOC(C(F)(F)c2cc(Cl)nc(Cl)c2)C1. The Hall–Kier alpha value is -1.18. The van der Waals surface area contributed by atoms with E-state index < -0.39 is 29.3 Å². The summed E-state index contributed by atoms with van der Waals surface area (Å²) in [7, 11) is 0. The van der Waals surface area contributed by atoms with Crippen molar-refractivity contribution in [1.29, 1.82) is 0 Å². The molecular formula is C15H18Cl2F2N2O3. The van der Waals surface area contributed by atoms with Gasteiger partial charge in [0.25, 0.3) is 0 Å². The lowest BCUT2D eigenvalue weighted by Gasteiger charge is -2.37. The fraction of sp³-hybridized carbons (Fsp3) is 0.600. The molecule has 2 heterocycles. The molecule has 1 amide bonds. The molecule has 1 fully saturated rings. The van der Waals surface area contributed by atoms with Crippen LogP contribution in [0.15, 0.2) is 12.1 Å². The van der Waals surface area contributed by atoms with E-state index in [2.05, 4.69) is 4.98 Å². The van der Waals surface area contributed by atoms with Crippen molar-refractivity contribution >= 4 is 29.3 Å². The Morgan fingerprint density at radius 1 is 1.33 bits per heavy atom. The Kier molecular flexibility index (Phi) is 5.57. The van der Waals surface area contributed by atoms with E-state index in [-0.39, 0.29) is 30.0 Å². The Morgan fingerprint density at radius 2 is 1.92 bits per heavy atom. The molecule has 0 bridgehead atoms. The van der Waals surface area contributed by atoms with Crippen molar-refractivity contribution in [3.05, 3.63) is 28.0 Å². The van der Waals surface area contributed by atoms with Crippen LogP contribution in [0.3, 0.4) is 0 Å². The summed E-state index contributed by atoms with van der Waals surface area (Å²) in [6.07, 6.45) is -2.19. The van der Waals surface area contributed by atoms with Crippen LogP contribution < -0.4 is 0 Å². The molecule has 0 spiro atoms. The van der Waals surface area contributed by atoms with Gasteiger partial charge in [-0.15, -0.1) is 0 Å². The number of aromatic nitrogens is 1. The number of pyridine rings is 1. The van der Waals surface area contributed by atoms with Gasteiger partial charge in [-0.2, -0.15) is 8.78 Å². The summed E-state index contributed by atoms with van der Waals surface area (Å²) < 4.78 is 39.9. The minimum Gasteiger partial charge on any atom is -0.444 e. The maximum Gasteiger partial charge on any atom is 0.410 e. The van der Waals surface area contributed by atoms with Crippen LogP contribution in [0.2, 0.25) is 10.3 Å². The van der Waals surface area contributed by atoms with Crippen LogP contribution in [0.4, 0.5) is 13.6 Å². The number of hydrogen-bond donors (Lipinski definition) is 0. The number of rotatable bonds is 2. The Labute approximate surface area is 148 Å². The molecule has 0 aliphatic carbocycles. The van der Waals surface area contributed by atoms with Crippen LogP contribution in [0.1, 0.15) is 26.3 Å². The van der Waals surface area contributed by atoms with Crippen molar-refractivity contribution in [1.82, 2.24) is 9.88 Å². The second kappa shape index (κ2) is 6.98. The third kappa shape index (κ3) is 4.68. The highest BCUT2D eigenvalue weighted by atomic mass is 35.5. The topological polar surface area (TPSA) is 51.7 Å². The number of morpholine rings is 1. The lowest BCUT2D eigenvalue weighted by Crippen LogP contribution is -2.52. The molecule has 1 aromatic heterocycles. The number of alkyl halides is 2. The van der Waals surface area contributed by atoms with Crippen molar-refractivity contribution < 1.29 is 23.0 Å². The minimum absolute atomic E-state index is 0.0218. The number of nitrogens with zero attached hydrogens (tertiary/aromatic N) is 2. The van der Waals surface area contributed by atoms with Gasteiger partial charge in [0.15, 0.2) is 0 Å². The van der Waals surface area contributed by atoms with Gasteiger partial charge in [0.1, 0.15) is 22.0 Å². The van der Waals surface area contributed by atoms with Crippen LogP contribution in [0.25, 0.3) is 0 Å². The molecule has 1 aliphatic heterocycles. The van der Waals surface area contributed by atoms with E-state index in [0.717, 1.165) is 12.1 Å². The number of ether oxygens (including phenoxy) is 2. The molecule has 0 aromatic carbocycles. The number of amides is 1. The van der Waals surface area contributed by atoms with Crippen LogP contribution in [0.5, 0.6) is 0 Å². The second-order valence-electron chi connectivity index (χ2n) is 6.41. The van der Waals surface area contributed by atoms with Crippen molar-refractivity contribution in [2.75, 3.05) is 19.7 Å². The zero-order valence-electron chi connectivity index (χ0n) is 13.5. The van der Waals surface area contributed by atoms with Gasteiger partial charge in [0, 0.05) is 12.1 Å². The standard InChI is InChI=1S/C15H18Cl2F2N2O3/c1-14(2,3)24-13(22)21-4-5-23-10(8-21)15(18,19)9-6-11(16)20-12(17)7-9/h6-7,10H,4-5,8H2,1-3H3. The largest absolute Gasteiger partial charge is 0.444 e. The Bertz CT molecular complexity index is 603. The first-order chi connectivity index (χ1) is 11.0. The summed E-state index contributed by atoms with van der Waals surface area (Å²) in [5, 5.41) is -0.283. The molecule has 0 radical (unpaired) electrons. The van der Waals surface area contributed by atoms with E-state index in [0.29, 0.717) is 0 Å². The summed E-state index contributed by atoms with van der Waals surface area (Å²) in [5.41, 5.74) is -1.12. The third-order valence-electron chi connectivity index (χ3n) is 3.27. The van der Waals surface area contributed by atoms with Gasteiger partial charge in [-0.05, 0) is 32.9 Å². The monoisotopic (exact) mass is 382 g/mol. The lowest BCUT2D eigenvalue weighted by molar-refractivity contribution is -0.170. The highest BCUT2D eigenvalue weighted by Gasteiger charge is 2.46. The molecule has 1 unspecified atom stereocenters. The first-order valence-corrected chi connectivity index (χ1v) is 8.05. The smallest absolute Gasteiger partial charge is 0.410 e. The molecule has 0 saturated carbocycles. The normalized spacial score (nSPS) is 19.3. The second-order valence-corrected chi connectivity index (χ2v) is 7.18. The number of halogens is 4. The van der Waals surface area contributed by atoms with E-state index in [1.54, 1.807) is 20.8 Å². The summed E-state index contributed by atoms with van der Waals surface area (Å²) >= 11 is 11.4. The molecule has 1 aromatic rings. The van der Waals surface area contributed by atoms with Gasteiger partial charge >= 0.3 is 12.0 Å². The van der Waals surface area contributed by atoms with Crippen LogP contribution in [0, 0.1) is 0 Å². The summed E-state index contributed by atoms with van der Waals surface area (Å²) in [5.74, 6) is -3.39. The Balaban J connectivity index is 2.17. The van der Waals surface area contributed by atoms with Crippen molar-refractivity contribution in [3.63, 3.8) is 0 Å². The number of carbonyl (C=O) groups excluding carboxylic acids is 1. The van der Waals surface area contributed by atoms with Gasteiger partial charge < -0.3 is 14.4 Å². The predicted octanol–water partition coefficient (Wildman–Crippen LogP) is 4.12. The molecule has 134 valence electrons. The molecule has 24 heavy (non-hydrogen) atoms. The highest BCUT2D eigenvalue weighted by Crippen LogP contribution is 2.37. The van der Waals surface area contributed by atoms with Crippen LogP contribution >= 0.6 is 23.2 Å². The van der Waals surface area contributed by atoms with E-state index in [1.165, 1.54) is 4.90 Å². The van der Waals surface area contributed by atoms with Crippen LogP contribution in [-0.4, -0.2) is 47.4 Å². The molecule has 2 rings (SSSR count). The fourth-order valence-corrected chi connectivity index (χ4v) is 2.66. The summed E-state index contributed by atoms with van der Waals surface area (Å²) in [6.45, 7) is 4.97. The maximum absolute atomic E-state index is 14.7. The van der Waals surface area contributed by atoms with E-state index in [9.17, 15) is 13.6 Å². The first-order valence-electron chi connectivity index (χ1n) is 7.30. The summed E-state index contributed by atoms with van der Waals surface area (Å²) in [6, 6.07) is 2.06. The van der Waals surface area contributed by atoms with Crippen LogP contribution in [-0.2, 0) is 15.4 Å². The average molecular weight is 383 g/mol. The molecule has 1 aliphatic rings. The molecule has 9 heteroatoms. The lowest BCUT2D eigenvalue weighted by atomic mass is 10.0. The average Bonchev–Trinajstić information content (AvgIpc) is 2.44.